The number of thiophene rings is 1. The Morgan fingerprint density at radius 3 is 2.64 bits per heavy atom. The van der Waals surface area contributed by atoms with Crippen LogP contribution < -0.4 is 4.90 Å². The van der Waals surface area contributed by atoms with Gasteiger partial charge in [-0.2, -0.15) is 11.3 Å². The maximum atomic E-state index is 12.8. The predicted octanol–water partition coefficient (Wildman–Crippen LogP) is 2.71. The molecular weight excluding hydrogens is 356 g/mol. The average molecular weight is 377 g/mol. The quantitative estimate of drug-likeness (QED) is 0.824. The maximum Gasteiger partial charge on any atom is 0.227 e. The molecule has 1 aromatic heterocycles. The van der Waals surface area contributed by atoms with Crippen molar-refractivity contribution in [3.63, 3.8) is 0 Å². The van der Waals surface area contributed by atoms with Gasteiger partial charge in [-0.25, -0.2) is 12.7 Å². The summed E-state index contributed by atoms with van der Waals surface area (Å²) in [5.41, 5.74) is 1.48. The second-order valence-corrected chi connectivity index (χ2v) is 9.71. The summed E-state index contributed by atoms with van der Waals surface area (Å²) in [5.74, 6) is 0.118. The van der Waals surface area contributed by atoms with Gasteiger partial charge in [0, 0.05) is 36.9 Å². The van der Waals surface area contributed by atoms with Crippen LogP contribution in [0.2, 0.25) is 0 Å². The van der Waals surface area contributed by atoms with Crippen LogP contribution in [0.15, 0.2) is 47.2 Å². The highest BCUT2D eigenvalue weighted by Gasteiger charge is 2.50. The Labute approximate surface area is 151 Å². The Balaban J connectivity index is 1.49. The first kappa shape index (κ1) is 16.8. The van der Waals surface area contributed by atoms with E-state index < -0.39 is 10.0 Å². The van der Waals surface area contributed by atoms with E-state index in [2.05, 4.69) is 0 Å². The second-order valence-electron chi connectivity index (χ2n) is 6.96. The second kappa shape index (κ2) is 6.23. The Kier molecular flexibility index (Phi) is 4.17. The van der Waals surface area contributed by atoms with Crippen molar-refractivity contribution in [1.29, 1.82) is 0 Å². The lowest BCUT2D eigenvalue weighted by Gasteiger charge is -2.23. The van der Waals surface area contributed by atoms with Crippen LogP contribution in [-0.2, 0) is 20.6 Å². The molecular formula is C18H20N2O3S2. The van der Waals surface area contributed by atoms with Gasteiger partial charge < -0.3 is 4.90 Å². The third-order valence-electron chi connectivity index (χ3n) is 5.13. The molecule has 5 nitrogen and oxygen atoms in total. The monoisotopic (exact) mass is 376 g/mol. The van der Waals surface area contributed by atoms with Crippen LogP contribution in [0, 0.1) is 5.41 Å². The molecule has 0 aliphatic carbocycles. The molecule has 4 rings (SSSR count). The molecule has 1 unspecified atom stereocenters. The van der Waals surface area contributed by atoms with Crippen molar-refractivity contribution in [3.05, 3.63) is 52.7 Å². The van der Waals surface area contributed by atoms with Gasteiger partial charge in [-0.05, 0) is 23.4 Å². The van der Waals surface area contributed by atoms with Crippen molar-refractivity contribution in [2.75, 3.05) is 24.5 Å². The van der Waals surface area contributed by atoms with Crippen molar-refractivity contribution < 1.29 is 13.2 Å². The number of amides is 1. The van der Waals surface area contributed by atoms with E-state index in [9.17, 15) is 13.2 Å². The van der Waals surface area contributed by atoms with Crippen LogP contribution >= 0.6 is 11.3 Å². The molecule has 2 fully saturated rings. The van der Waals surface area contributed by atoms with Crippen LogP contribution in [0.1, 0.15) is 18.4 Å². The number of nitrogens with zero attached hydrogens (tertiary/aromatic N) is 2. The van der Waals surface area contributed by atoms with Gasteiger partial charge in [-0.15, -0.1) is 0 Å². The molecule has 1 amide bonds. The van der Waals surface area contributed by atoms with E-state index in [1.54, 1.807) is 15.6 Å². The molecule has 2 aliphatic heterocycles. The van der Waals surface area contributed by atoms with Crippen molar-refractivity contribution in [3.8, 4) is 0 Å². The van der Waals surface area contributed by atoms with Crippen LogP contribution in [0.3, 0.4) is 0 Å². The summed E-state index contributed by atoms with van der Waals surface area (Å²) >= 11 is 1.57. The fraction of sp³-hybridized carbons (Fsp3) is 0.389. The molecule has 0 saturated carbocycles. The summed E-state index contributed by atoms with van der Waals surface area (Å²) in [6, 6.07) is 11.2. The Morgan fingerprint density at radius 2 is 1.92 bits per heavy atom. The molecule has 0 radical (unpaired) electrons. The number of hydrogen-bond acceptors (Lipinski definition) is 4. The molecule has 0 bridgehead atoms. The molecule has 25 heavy (non-hydrogen) atoms. The number of hydrogen-bond donors (Lipinski definition) is 0. The highest BCUT2D eigenvalue weighted by Crippen LogP contribution is 2.43. The minimum atomic E-state index is -3.36. The first-order valence-electron chi connectivity index (χ1n) is 8.32. The molecule has 132 valence electrons. The Hall–Kier alpha value is -1.70. The first-order chi connectivity index (χ1) is 12.0. The number of carbonyl (C=O) groups excluding carboxylic acids is 1. The molecule has 1 aromatic carbocycles. The van der Waals surface area contributed by atoms with E-state index in [0.717, 1.165) is 17.7 Å². The smallest absolute Gasteiger partial charge is 0.227 e. The molecule has 1 spiro atoms. The van der Waals surface area contributed by atoms with Crippen LogP contribution in [0.4, 0.5) is 5.69 Å². The lowest BCUT2D eigenvalue weighted by molar-refractivity contribution is -0.117. The molecule has 3 heterocycles. The molecule has 7 heteroatoms. The van der Waals surface area contributed by atoms with Gasteiger partial charge in [0.15, 0.2) is 0 Å². The first-order valence-corrected chi connectivity index (χ1v) is 10.9. The van der Waals surface area contributed by atoms with Gasteiger partial charge in [-0.1, -0.05) is 30.3 Å². The van der Waals surface area contributed by atoms with E-state index in [4.69, 9.17) is 0 Å². The summed E-state index contributed by atoms with van der Waals surface area (Å²) < 4.78 is 27.1. The van der Waals surface area contributed by atoms with Gasteiger partial charge in [0.05, 0.1) is 11.4 Å². The van der Waals surface area contributed by atoms with E-state index >= 15 is 0 Å². The Morgan fingerprint density at radius 1 is 1.12 bits per heavy atom. The van der Waals surface area contributed by atoms with E-state index in [0.29, 0.717) is 26.1 Å². The summed E-state index contributed by atoms with van der Waals surface area (Å²) in [6.45, 7) is 1.55. The third kappa shape index (κ3) is 3.23. The molecule has 2 saturated heterocycles. The number of sulfonamides is 1. The van der Waals surface area contributed by atoms with E-state index in [1.807, 2.05) is 52.1 Å². The summed E-state index contributed by atoms with van der Waals surface area (Å²) in [7, 11) is -3.36. The molecule has 2 aliphatic rings. The lowest BCUT2D eigenvalue weighted by Crippen LogP contribution is -2.34. The minimum Gasteiger partial charge on any atom is -0.311 e. The number of benzene rings is 1. The zero-order valence-corrected chi connectivity index (χ0v) is 15.4. The molecule has 1 atom stereocenters. The van der Waals surface area contributed by atoms with Gasteiger partial charge >= 0.3 is 0 Å². The van der Waals surface area contributed by atoms with Crippen LogP contribution in [0.5, 0.6) is 0 Å². The van der Waals surface area contributed by atoms with Crippen LogP contribution in [0.25, 0.3) is 0 Å². The summed E-state index contributed by atoms with van der Waals surface area (Å²) in [4.78, 5) is 14.3. The SMILES string of the molecule is O=C1CC2(CCN(S(=O)(=O)Cc3ccccc3)C2)CN1c1ccsc1. The average Bonchev–Trinajstić information content (AvgIpc) is 3.29. The topological polar surface area (TPSA) is 57.7 Å². The highest BCUT2D eigenvalue weighted by atomic mass is 32.2. The maximum absolute atomic E-state index is 12.8. The third-order valence-corrected chi connectivity index (χ3v) is 7.59. The fourth-order valence-corrected chi connectivity index (χ4v) is 6.10. The zero-order chi connectivity index (χ0) is 17.5. The number of rotatable bonds is 4. The van der Waals surface area contributed by atoms with Crippen molar-refractivity contribution >= 4 is 33.0 Å². The van der Waals surface area contributed by atoms with Gasteiger partial charge in [0.2, 0.25) is 15.9 Å². The Bertz CT molecular complexity index is 865. The molecule has 2 aromatic rings. The largest absolute Gasteiger partial charge is 0.311 e. The number of carbonyl (C=O) groups is 1. The highest BCUT2D eigenvalue weighted by molar-refractivity contribution is 7.88. The minimum absolute atomic E-state index is 0.0200. The van der Waals surface area contributed by atoms with Crippen molar-refractivity contribution in [1.82, 2.24) is 4.31 Å². The van der Waals surface area contributed by atoms with Crippen molar-refractivity contribution in [2.45, 2.75) is 18.6 Å². The molecule has 0 N–H and O–H groups in total. The van der Waals surface area contributed by atoms with Gasteiger partial charge in [0.25, 0.3) is 0 Å². The van der Waals surface area contributed by atoms with Crippen LogP contribution in [-0.4, -0.2) is 38.3 Å². The summed E-state index contributed by atoms with van der Waals surface area (Å²) in [6.07, 6.45) is 1.17. The summed E-state index contributed by atoms with van der Waals surface area (Å²) in [5, 5.41) is 3.93. The van der Waals surface area contributed by atoms with Gasteiger partial charge in [-0.3, -0.25) is 4.79 Å². The van der Waals surface area contributed by atoms with E-state index in [1.165, 1.54) is 0 Å². The van der Waals surface area contributed by atoms with Gasteiger partial charge in [0.1, 0.15) is 0 Å². The zero-order valence-electron chi connectivity index (χ0n) is 13.8. The number of anilines is 1. The standard InChI is InChI=1S/C18H20N2O3S2/c21-17-10-18(14-20(17)16-6-9-24-11-16)7-8-19(13-18)25(22,23)12-15-4-2-1-3-5-15/h1-6,9,11H,7-8,10,12-14H2. The fourth-order valence-electron chi connectivity index (χ4n) is 3.82. The van der Waals surface area contributed by atoms with E-state index in [-0.39, 0.29) is 17.1 Å². The predicted molar refractivity (Wildman–Crippen MR) is 99.0 cm³/mol. The normalized spacial score (nSPS) is 24.5. The van der Waals surface area contributed by atoms with Crippen molar-refractivity contribution in [2.24, 2.45) is 5.41 Å². The lowest BCUT2D eigenvalue weighted by atomic mass is 9.86.